The molecule has 0 aliphatic rings. The Morgan fingerprint density at radius 3 is 1.96 bits per heavy atom. The van der Waals surface area contributed by atoms with Gasteiger partial charge in [0.2, 0.25) is 0 Å². The van der Waals surface area contributed by atoms with Gasteiger partial charge in [0.15, 0.2) is 0 Å². The van der Waals surface area contributed by atoms with Gasteiger partial charge in [-0.1, -0.05) is 60.7 Å². The van der Waals surface area contributed by atoms with Crippen molar-refractivity contribution in [2.75, 3.05) is 13.6 Å². The lowest BCUT2D eigenvalue weighted by molar-refractivity contribution is 0.197. The van der Waals surface area contributed by atoms with Crippen LogP contribution in [0.2, 0.25) is 0 Å². The van der Waals surface area contributed by atoms with Gasteiger partial charge in [0.05, 0.1) is 6.07 Å². The molecule has 1 atom stereocenters. The molecule has 1 N–H and O–H groups in total. The van der Waals surface area contributed by atoms with Crippen LogP contribution in [0.4, 0.5) is 0 Å². The van der Waals surface area contributed by atoms with E-state index < -0.39 is 5.54 Å². The highest BCUT2D eigenvalue weighted by Gasteiger charge is 2.34. The maximum Gasteiger partial charge on any atom is 0.120 e. The van der Waals surface area contributed by atoms with Crippen LogP contribution in [0, 0.1) is 11.3 Å². The molecule has 0 saturated heterocycles. The molecule has 0 aliphatic carbocycles. The molecule has 3 heteroatoms. The lowest BCUT2D eigenvalue weighted by Crippen LogP contribution is -2.58. The third-order valence-electron chi connectivity index (χ3n) is 4.35. The number of hydrogen-bond donors (Lipinski definition) is 1. The summed E-state index contributed by atoms with van der Waals surface area (Å²) in [7, 11) is 2.09. The first kappa shape index (κ1) is 20.2. The van der Waals surface area contributed by atoms with Gasteiger partial charge >= 0.3 is 0 Å². The maximum atomic E-state index is 10.1. The Bertz CT molecular complexity index is 698. The van der Waals surface area contributed by atoms with Crippen LogP contribution in [-0.4, -0.2) is 29.6 Å². The smallest absolute Gasteiger partial charge is 0.120 e. The molecule has 0 bridgehead atoms. The van der Waals surface area contributed by atoms with Crippen LogP contribution in [0.5, 0.6) is 0 Å². The van der Waals surface area contributed by atoms with Crippen molar-refractivity contribution in [1.29, 1.82) is 5.26 Å². The van der Waals surface area contributed by atoms with E-state index in [1.807, 2.05) is 12.1 Å². The lowest BCUT2D eigenvalue weighted by atomic mass is 9.88. The summed E-state index contributed by atoms with van der Waals surface area (Å²) in [6, 6.07) is 23.4. The molecule has 1 unspecified atom stereocenters. The molecule has 2 aromatic rings. The van der Waals surface area contributed by atoms with Crippen LogP contribution < -0.4 is 5.32 Å². The quantitative estimate of drug-likeness (QED) is 0.767. The number of likely N-dealkylation sites (N-methyl/N-ethyl adjacent to an activating group) is 1. The molecule has 2 rings (SSSR count). The molecule has 0 fully saturated rings. The van der Waals surface area contributed by atoms with Crippen molar-refractivity contribution in [3.8, 4) is 6.07 Å². The summed E-state index contributed by atoms with van der Waals surface area (Å²) in [6.45, 7) is 7.89. The summed E-state index contributed by atoms with van der Waals surface area (Å²) in [5.41, 5.74) is 1.83. The molecule has 0 aromatic heterocycles. The fourth-order valence-electron chi connectivity index (χ4n) is 3.43. The van der Waals surface area contributed by atoms with E-state index >= 15 is 0 Å². The number of benzene rings is 2. The van der Waals surface area contributed by atoms with Crippen LogP contribution in [-0.2, 0) is 13.0 Å². The van der Waals surface area contributed by atoms with Gasteiger partial charge in [-0.3, -0.25) is 10.2 Å². The van der Waals surface area contributed by atoms with E-state index in [0.717, 1.165) is 19.4 Å². The molecule has 0 radical (unpaired) electrons. The Kier molecular flexibility index (Phi) is 6.97. The topological polar surface area (TPSA) is 39.1 Å². The van der Waals surface area contributed by atoms with E-state index in [2.05, 4.69) is 92.6 Å². The zero-order chi connectivity index (χ0) is 19.0. The summed E-state index contributed by atoms with van der Waals surface area (Å²) in [5, 5.41) is 13.7. The fourth-order valence-corrected chi connectivity index (χ4v) is 3.43. The summed E-state index contributed by atoms with van der Waals surface area (Å²) >= 11 is 0. The average molecular weight is 350 g/mol. The second kappa shape index (κ2) is 8.98. The van der Waals surface area contributed by atoms with Crippen LogP contribution in [0.1, 0.15) is 38.3 Å². The number of aryl methyl sites for hydroxylation is 1. The largest absolute Gasteiger partial charge is 0.299 e. The van der Waals surface area contributed by atoms with Crippen LogP contribution in [0.3, 0.4) is 0 Å². The van der Waals surface area contributed by atoms with Gasteiger partial charge in [-0.15, -0.1) is 0 Å². The summed E-state index contributed by atoms with van der Waals surface area (Å²) in [5.74, 6) is 0. The third-order valence-corrected chi connectivity index (χ3v) is 4.35. The van der Waals surface area contributed by atoms with Gasteiger partial charge in [0.1, 0.15) is 5.54 Å². The molecule has 0 heterocycles. The minimum absolute atomic E-state index is 0.125. The highest BCUT2D eigenvalue weighted by atomic mass is 15.2. The highest BCUT2D eigenvalue weighted by molar-refractivity contribution is 5.19. The van der Waals surface area contributed by atoms with Crippen molar-refractivity contribution in [3.05, 3.63) is 71.8 Å². The average Bonchev–Trinajstić information content (AvgIpc) is 2.60. The molecular weight excluding hydrogens is 318 g/mol. The summed E-state index contributed by atoms with van der Waals surface area (Å²) in [6.07, 6.45) is 1.67. The monoisotopic (exact) mass is 349 g/mol. The second-order valence-corrected chi connectivity index (χ2v) is 8.21. The van der Waals surface area contributed by atoms with E-state index in [1.165, 1.54) is 11.1 Å². The van der Waals surface area contributed by atoms with Gasteiger partial charge in [0.25, 0.3) is 0 Å². The van der Waals surface area contributed by atoms with Gasteiger partial charge in [-0.05, 0) is 51.8 Å². The fraction of sp³-hybridized carbons (Fsp3) is 0.435. The van der Waals surface area contributed by atoms with Gasteiger partial charge < -0.3 is 0 Å². The Morgan fingerprint density at radius 2 is 1.46 bits per heavy atom. The first-order chi connectivity index (χ1) is 12.3. The van der Waals surface area contributed by atoms with E-state index in [1.54, 1.807) is 0 Å². The van der Waals surface area contributed by atoms with Gasteiger partial charge in [-0.2, -0.15) is 5.26 Å². The Balaban J connectivity index is 2.12. The first-order valence-corrected chi connectivity index (χ1v) is 9.29. The molecule has 26 heavy (non-hydrogen) atoms. The minimum Gasteiger partial charge on any atom is -0.299 e. The third kappa shape index (κ3) is 6.63. The molecule has 0 saturated carbocycles. The van der Waals surface area contributed by atoms with Crippen LogP contribution in [0.25, 0.3) is 0 Å². The summed E-state index contributed by atoms with van der Waals surface area (Å²) < 4.78 is 0. The number of nitrogens with one attached hydrogen (secondary N) is 1. The Morgan fingerprint density at radius 1 is 0.923 bits per heavy atom. The predicted octanol–water partition coefficient (Wildman–Crippen LogP) is 4.40. The number of nitriles is 1. The zero-order valence-electron chi connectivity index (χ0n) is 16.5. The van der Waals surface area contributed by atoms with E-state index in [4.69, 9.17) is 0 Å². The molecule has 0 amide bonds. The molecule has 2 aromatic carbocycles. The molecule has 0 aliphatic heterocycles. The second-order valence-electron chi connectivity index (χ2n) is 8.21. The molecule has 138 valence electrons. The Labute approximate surface area is 158 Å². The van der Waals surface area contributed by atoms with Gasteiger partial charge in [-0.25, -0.2) is 0 Å². The standard InChI is InChI=1S/C23H31N3/c1-22(2,3)25-23(18-24,16-15-20-11-7-5-8-12-20)19-26(4)17-21-13-9-6-10-14-21/h5-14,25H,15-17,19H2,1-4H3. The number of nitrogens with zero attached hydrogens (tertiary/aromatic N) is 2. The number of hydrogen-bond acceptors (Lipinski definition) is 3. The van der Waals surface area contributed by atoms with Crippen molar-refractivity contribution in [2.45, 2.75) is 51.2 Å². The van der Waals surface area contributed by atoms with Crippen molar-refractivity contribution in [1.82, 2.24) is 10.2 Å². The molecule has 3 nitrogen and oxygen atoms in total. The van der Waals surface area contributed by atoms with Crippen molar-refractivity contribution in [3.63, 3.8) is 0 Å². The predicted molar refractivity (Wildman–Crippen MR) is 109 cm³/mol. The van der Waals surface area contributed by atoms with E-state index in [9.17, 15) is 5.26 Å². The highest BCUT2D eigenvalue weighted by Crippen LogP contribution is 2.20. The number of rotatable bonds is 8. The Hall–Kier alpha value is -2.15. The zero-order valence-corrected chi connectivity index (χ0v) is 16.5. The van der Waals surface area contributed by atoms with E-state index in [-0.39, 0.29) is 5.54 Å². The summed E-state index contributed by atoms with van der Waals surface area (Å²) in [4.78, 5) is 2.24. The van der Waals surface area contributed by atoms with Gasteiger partial charge in [0, 0.05) is 18.6 Å². The van der Waals surface area contributed by atoms with Crippen molar-refractivity contribution in [2.24, 2.45) is 0 Å². The first-order valence-electron chi connectivity index (χ1n) is 9.29. The van der Waals surface area contributed by atoms with Crippen molar-refractivity contribution >= 4 is 0 Å². The maximum absolute atomic E-state index is 10.1. The van der Waals surface area contributed by atoms with Crippen LogP contribution >= 0.6 is 0 Å². The van der Waals surface area contributed by atoms with Crippen molar-refractivity contribution < 1.29 is 0 Å². The molecule has 0 spiro atoms. The van der Waals surface area contributed by atoms with E-state index in [0.29, 0.717) is 6.54 Å². The lowest BCUT2D eigenvalue weighted by Gasteiger charge is -2.38. The molecular formula is C23H31N3. The SMILES string of the molecule is CN(Cc1ccccc1)CC(C#N)(CCc1ccccc1)NC(C)(C)C. The van der Waals surface area contributed by atoms with Crippen LogP contribution in [0.15, 0.2) is 60.7 Å². The normalized spacial score (nSPS) is 14.0. The minimum atomic E-state index is -0.586.